The molecule has 3 rings (SSSR count). The molecule has 5 nitrogen and oxygen atoms in total. The molecule has 0 unspecified atom stereocenters. The van der Waals surface area contributed by atoms with Crippen LogP contribution in [0.4, 0.5) is 0 Å². The Morgan fingerprint density at radius 1 is 1.23 bits per heavy atom. The summed E-state index contributed by atoms with van der Waals surface area (Å²) in [5, 5.41) is 0.601. The van der Waals surface area contributed by atoms with Crippen molar-refractivity contribution >= 4 is 40.3 Å². The van der Waals surface area contributed by atoms with E-state index in [2.05, 4.69) is 4.98 Å². The average Bonchev–Trinajstić information content (AvgIpc) is 3.10. The second kappa shape index (κ2) is 5.90. The van der Waals surface area contributed by atoms with Crippen molar-refractivity contribution in [2.24, 2.45) is 0 Å². The van der Waals surface area contributed by atoms with E-state index in [4.69, 9.17) is 16.3 Å². The summed E-state index contributed by atoms with van der Waals surface area (Å²) in [6, 6.07) is 6.74. The van der Waals surface area contributed by atoms with E-state index in [-0.39, 0.29) is 12.4 Å². The average molecular weight is 335 g/mol. The Hall–Kier alpha value is -2.18. The van der Waals surface area contributed by atoms with Crippen LogP contribution in [0.15, 0.2) is 36.7 Å². The molecule has 0 atom stereocenters. The maximum atomic E-state index is 11.9. The van der Waals surface area contributed by atoms with E-state index in [1.807, 2.05) is 0 Å². The van der Waals surface area contributed by atoms with Crippen molar-refractivity contribution in [3.8, 4) is 0 Å². The first-order valence-corrected chi connectivity index (χ1v) is 7.63. The van der Waals surface area contributed by atoms with E-state index in [1.165, 1.54) is 6.92 Å². The summed E-state index contributed by atoms with van der Waals surface area (Å²) in [6.07, 6.45) is 3.48. The van der Waals surface area contributed by atoms with Gasteiger partial charge in [0, 0.05) is 12.4 Å². The van der Waals surface area contributed by atoms with Crippen molar-refractivity contribution in [3.05, 3.63) is 57.1 Å². The monoisotopic (exact) mass is 334 g/mol. The molecule has 0 aliphatic rings. The molecule has 0 spiro atoms. The van der Waals surface area contributed by atoms with Gasteiger partial charge in [-0.15, -0.1) is 11.3 Å². The van der Waals surface area contributed by atoms with Gasteiger partial charge < -0.3 is 9.14 Å². The third-order valence-electron chi connectivity index (χ3n) is 2.97. The Bertz CT molecular complexity index is 869. The zero-order valence-electron chi connectivity index (χ0n) is 11.6. The van der Waals surface area contributed by atoms with Crippen LogP contribution in [0.1, 0.15) is 32.0 Å². The molecule has 0 saturated carbocycles. The predicted molar refractivity (Wildman–Crippen MR) is 83.6 cm³/mol. The lowest BCUT2D eigenvalue weighted by Crippen LogP contribution is -2.03. The molecule has 0 amide bonds. The van der Waals surface area contributed by atoms with Gasteiger partial charge in [-0.2, -0.15) is 0 Å². The van der Waals surface area contributed by atoms with Crippen molar-refractivity contribution in [1.29, 1.82) is 0 Å². The fraction of sp³-hybridized carbons (Fsp3) is 0.133. The Morgan fingerprint density at radius 2 is 2.00 bits per heavy atom. The zero-order valence-corrected chi connectivity index (χ0v) is 13.1. The smallest absolute Gasteiger partial charge is 0.348 e. The highest BCUT2D eigenvalue weighted by Gasteiger charge is 2.13. The van der Waals surface area contributed by atoms with Crippen molar-refractivity contribution in [1.82, 2.24) is 9.38 Å². The third kappa shape index (κ3) is 3.03. The number of esters is 1. The van der Waals surface area contributed by atoms with E-state index in [0.717, 1.165) is 17.0 Å². The van der Waals surface area contributed by atoms with Gasteiger partial charge >= 0.3 is 5.97 Å². The predicted octanol–water partition coefficient (Wildman–Crippen LogP) is 3.61. The Morgan fingerprint density at radius 3 is 2.73 bits per heavy atom. The molecular weight excluding hydrogens is 324 g/mol. The lowest BCUT2D eigenvalue weighted by molar-refractivity contribution is 0.0474. The largest absolute Gasteiger partial charge is 0.455 e. The summed E-state index contributed by atoms with van der Waals surface area (Å²) < 4.78 is 6.99. The summed E-state index contributed by atoms with van der Waals surface area (Å²) in [5.41, 5.74) is 1.35. The van der Waals surface area contributed by atoms with Gasteiger partial charge in [0.1, 0.15) is 17.1 Å². The maximum absolute atomic E-state index is 11.9. The molecule has 0 N–H and O–H groups in total. The number of aromatic nitrogens is 2. The molecule has 0 fully saturated rings. The molecule has 0 bridgehead atoms. The van der Waals surface area contributed by atoms with Gasteiger partial charge in [0.15, 0.2) is 5.78 Å². The molecule has 0 aromatic carbocycles. The van der Waals surface area contributed by atoms with Gasteiger partial charge in [0.05, 0.1) is 15.6 Å². The highest BCUT2D eigenvalue weighted by molar-refractivity contribution is 7.15. The quantitative estimate of drug-likeness (QED) is 0.540. The summed E-state index contributed by atoms with van der Waals surface area (Å²) in [4.78, 5) is 28.4. The van der Waals surface area contributed by atoms with Gasteiger partial charge in [0.2, 0.25) is 0 Å². The number of fused-ring (bicyclic) bond motifs is 1. The number of rotatable bonds is 4. The number of pyridine rings is 1. The SMILES string of the molecule is CC(=O)c1ccc(C(=O)OCc2cn3cc(Cl)ccc3n2)s1. The number of thiophene rings is 1. The van der Waals surface area contributed by atoms with Crippen molar-refractivity contribution in [2.75, 3.05) is 0 Å². The lowest BCUT2D eigenvalue weighted by Gasteiger charge is -1.99. The molecule has 22 heavy (non-hydrogen) atoms. The summed E-state index contributed by atoms with van der Waals surface area (Å²) in [6.45, 7) is 1.52. The molecule has 3 aromatic rings. The molecule has 0 saturated heterocycles. The fourth-order valence-corrected chi connectivity index (χ4v) is 2.90. The Kier molecular flexibility index (Phi) is 3.96. The standard InChI is InChI=1S/C15H11ClN2O3S/c1-9(19)12-3-4-13(22-12)15(20)21-8-11-7-18-6-10(16)2-5-14(18)17-11/h2-7H,8H2,1H3. The van der Waals surface area contributed by atoms with Crippen LogP contribution in [0.3, 0.4) is 0 Å². The molecule has 3 heterocycles. The second-order valence-corrected chi connectivity index (χ2v) is 6.16. The van der Waals surface area contributed by atoms with Crippen LogP contribution in [0.2, 0.25) is 5.02 Å². The van der Waals surface area contributed by atoms with E-state index in [9.17, 15) is 9.59 Å². The number of Topliss-reactive ketones (excluding diaryl/α,β-unsaturated/α-hetero) is 1. The van der Waals surface area contributed by atoms with Crippen LogP contribution in [0.25, 0.3) is 5.65 Å². The van der Waals surface area contributed by atoms with Gasteiger partial charge in [-0.25, -0.2) is 9.78 Å². The lowest BCUT2D eigenvalue weighted by atomic mass is 10.3. The van der Waals surface area contributed by atoms with Crippen LogP contribution in [-0.2, 0) is 11.3 Å². The van der Waals surface area contributed by atoms with Crippen LogP contribution < -0.4 is 0 Å². The molecule has 7 heteroatoms. The van der Waals surface area contributed by atoms with Crippen molar-refractivity contribution in [3.63, 3.8) is 0 Å². The number of hydrogen-bond acceptors (Lipinski definition) is 5. The zero-order chi connectivity index (χ0) is 15.7. The summed E-state index contributed by atoms with van der Waals surface area (Å²) in [5.74, 6) is -0.533. The molecule has 112 valence electrons. The topological polar surface area (TPSA) is 60.7 Å². The van der Waals surface area contributed by atoms with E-state index < -0.39 is 5.97 Å². The normalized spacial score (nSPS) is 10.8. The molecular formula is C15H11ClN2O3S. The van der Waals surface area contributed by atoms with Crippen LogP contribution in [0.5, 0.6) is 0 Å². The number of ketones is 1. The summed E-state index contributed by atoms with van der Waals surface area (Å²) in [7, 11) is 0. The van der Waals surface area contributed by atoms with E-state index >= 15 is 0 Å². The number of carbonyl (C=O) groups is 2. The van der Waals surface area contributed by atoms with Crippen LogP contribution in [-0.4, -0.2) is 21.1 Å². The van der Waals surface area contributed by atoms with Crippen LogP contribution >= 0.6 is 22.9 Å². The number of carbonyl (C=O) groups excluding carboxylic acids is 2. The molecule has 0 aliphatic carbocycles. The van der Waals surface area contributed by atoms with Gasteiger partial charge in [0.25, 0.3) is 0 Å². The number of imidazole rings is 1. The van der Waals surface area contributed by atoms with E-state index in [0.29, 0.717) is 20.5 Å². The van der Waals surface area contributed by atoms with Crippen molar-refractivity contribution < 1.29 is 14.3 Å². The number of halogens is 1. The maximum Gasteiger partial charge on any atom is 0.348 e. The highest BCUT2D eigenvalue weighted by atomic mass is 35.5. The first-order valence-electron chi connectivity index (χ1n) is 6.44. The molecule has 3 aromatic heterocycles. The minimum atomic E-state index is -0.465. The molecule has 0 aliphatic heterocycles. The minimum Gasteiger partial charge on any atom is -0.455 e. The number of nitrogens with zero attached hydrogens (tertiary/aromatic N) is 2. The first-order chi connectivity index (χ1) is 10.5. The number of hydrogen-bond donors (Lipinski definition) is 0. The fourth-order valence-electron chi connectivity index (χ4n) is 1.93. The number of ether oxygens (including phenoxy) is 1. The van der Waals surface area contributed by atoms with E-state index in [1.54, 1.807) is 41.1 Å². The van der Waals surface area contributed by atoms with Gasteiger partial charge in [-0.05, 0) is 31.2 Å². The first kappa shape index (κ1) is 14.7. The van der Waals surface area contributed by atoms with Crippen molar-refractivity contribution in [2.45, 2.75) is 13.5 Å². The Balaban J connectivity index is 1.70. The van der Waals surface area contributed by atoms with Gasteiger partial charge in [-0.3, -0.25) is 4.79 Å². The summed E-state index contributed by atoms with van der Waals surface area (Å²) >= 11 is 7.03. The minimum absolute atomic E-state index is 0.0609. The van der Waals surface area contributed by atoms with Gasteiger partial charge in [-0.1, -0.05) is 11.6 Å². The molecule has 0 radical (unpaired) electrons. The Labute approximate surface area is 135 Å². The second-order valence-electron chi connectivity index (χ2n) is 4.64. The third-order valence-corrected chi connectivity index (χ3v) is 4.36. The highest BCUT2D eigenvalue weighted by Crippen LogP contribution is 2.19. The van der Waals surface area contributed by atoms with Crippen LogP contribution in [0, 0.1) is 0 Å².